The van der Waals surface area contributed by atoms with Crippen LogP contribution in [-0.2, 0) is 14.9 Å². The number of carbonyl (C=O) groups is 1. The molecule has 7 nitrogen and oxygen atoms in total. The first-order valence-electron chi connectivity index (χ1n) is 8.13. The molecule has 0 spiro atoms. The number of carbonyl (C=O) groups excluding carboxylic acids is 1. The number of amides is 1. The van der Waals surface area contributed by atoms with Crippen LogP contribution in [0.4, 0.5) is 23.7 Å². The minimum atomic E-state index is -5.77. The highest BCUT2D eigenvalue weighted by atomic mass is 32.2. The number of benzene rings is 1. The van der Waals surface area contributed by atoms with E-state index in [9.17, 15) is 26.4 Å². The summed E-state index contributed by atoms with van der Waals surface area (Å²) in [5.74, 6) is -0.416. The topological polar surface area (TPSA) is 76.2 Å². The highest BCUT2D eigenvalue weighted by Crippen LogP contribution is 2.34. The number of nitrogens with zero attached hydrogens (tertiary/aromatic N) is 2. The van der Waals surface area contributed by atoms with Gasteiger partial charge in [-0.25, -0.2) is 4.79 Å². The van der Waals surface area contributed by atoms with Crippen molar-refractivity contribution in [2.24, 2.45) is 0 Å². The van der Waals surface area contributed by atoms with Crippen LogP contribution in [0.1, 0.15) is 20.8 Å². The van der Waals surface area contributed by atoms with Gasteiger partial charge < -0.3 is 18.7 Å². The molecule has 0 saturated carbocycles. The summed E-state index contributed by atoms with van der Waals surface area (Å²) in [6.07, 6.45) is -0.480. The Balaban J connectivity index is 2.10. The lowest BCUT2D eigenvalue weighted by molar-refractivity contribution is -0.0500. The van der Waals surface area contributed by atoms with Crippen LogP contribution in [-0.4, -0.2) is 56.7 Å². The van der Waals surface area contributed by atoms with E-state index in [0.29, 0.717) is 0 Å². The molecule has 0 bridgehead atoms. The Morgan fingerprint density at radius 1 is 1.04 bits per heavy atom. The van der Waals surface area contributed by atoms with Crippen molar-refractivity contribution in [1.29, 1.82) is 0 Å². The van der Waals surface area contributed by atoms with Crippen LogP contribution < -0.4 is 9.08 Å². The van der Waals surface area contributed by atoms with Crippen LogP contribution in [0.25, 0.3) is 0 Å². The van der Waals surface area contributed by atoms with Crippen LogP contribution in [0.15, 0.2) is 24.3 Å². The minimum Gasteiger partial charge on any atom is -0.444 e. The van der Waals surface area contributed by atoms with E-state index in [-0.39, 0.29) is 31.9 Å². The molecule has 1 fully saturated rings. The number of hydrogen-bond donors (Lipinski definition) is 0. The van der Waals surface area contributed by atoms with Gasteiger partial charge in [0.25, 0.3) is 0 Å². The van der Waals surface area contributed by atoms with Crippen molar-refractivity contribution in [3.63, 3.8) is 0 Å². The summed E-state index contributed by atoms with van der Waals surface area (Å²) >= 11 is 0. The number of rotatable bonds is 3. The summed E-state index contributed by atoms with van der Waals surface area (Å²) in [7, 11) is -5.77. The van der Waals surface area contributed by atoms with E-state index >= 15 is 0 Å². The fourth-order valence-corrected chi connectivity index (χ4v) is 2.88. The first-order valence-corrected chi connectivity index (χ1v) is 9.54. The first kappa shape index (κ1) is 21.1. The summed E-state index contributed by atoms with van der Waals surface area (Å²) in [5, 5.41) is 0. The van der Waals surface area contributed by atoms with E-state index in [1.54, 1.807) is 31.7 Å². The smallest absolute Gasteiger partial charge is 0.444 e. The normalized spacial score (nSPS) is 16.2. The average molecular weight is 410 g/mol. The Hall–Kier alpha value is -2.17. The molecular formula is C16H21F3N2O5S. The lowest BCUT2D eigenvalue weighted by Crippen LogP contribution is -2.50. The summed E-state index contributed by atoms with van der Waals surface area (Å²) in [6.45, 7) is 6.35. The third-order valence-corrected chi connectivity index (χ3v) is 4.59. The monoisotopic (exact) mass is 410 g/mol. The van der Waals surface area contributed by atoms with Gasteiger partial charge in [-0.05, 0) is 32.9 Å². The van der Waals surface area contributed by atoms with Gasteiger partial charge in [0, 0.05) is 26.2 Å². The van der Waals surface area contributed by atoms with Crippen LogP contribution in [0, 0.1) is 0 Å². The molecule has 2 rings (SSSR count). The third-order valence-electron chi connectivity index (χ3n) is 3.62. The number of ether oxygens (including phenoxy) is 1. The maximum absolute atomic E-state index is 12.6. The number of alkyl halides is 3. The second kappa shape index (κ2) is 7.45. The molecule has 1 aliphatic heterocycles. The highest BCUT2D eigenvalue weighted by Gasteiger charge is 2.49. The van der Waals surface area contributed by atoms with Crippen LogP contribution in [0.2, 0.25) is 0 Å². The maximum atomic E-state index is 12.6. The van der Waals surface area contributed by atoms with Crippen molar-refractivity contribution in [2.75, 3.05) is 31.1 Å². The molecular weight excluding hydrogens is 389 g/mol. The quantitative estimate of drug-likeness (QED) is 0.563. The number of para-hydroxylation sites is 2. The zero-order valence-electron chi connectivity index (χ0n) is 15.1. The van der Waals surface area contributed by atoms with E-state index in [2.05, 4.69) is 4.18 Å². The summed E-state index contributed by atoms with van der Waals surface area (Å²) in [6, 6.07) is 5.55. The van der Waals surface area contributed by atoms with Gasteiger partial charge in [0.15, 0.2) is 5.75 Å². The molecule has 1 heterocycles. The van der Waals surface area contributed by atoms with Gasteiger partial charge >= 0.3 is 21.7 Å². The molecule has 11 heteroatoms. The molecule has 0 atom stereocenters. The minimum absolute atomic E-state index is 0.203. The predicted molar refractivity (Wildman–Crippen MR) is 92.1 cm³/mol. The van der Waals surface area contributed by atoms with Gasteiger partial charge in [-0.3, -0.25) is 0 Å². The maximum Gasteiger partial charge on any atom is 0.534 e. The molecule has 1 saturated heterocycles. The van der Waals surface area contributed by atoms with Gasteiger partial charge in [-0.1, -0.05) is 12.1 Å². The molecule has 0 unspecified atom stereocenters. The molecule has 1 amide bonds. The fraction of sp³-hybridized carbons (Fsp3) is 0.562. The van der Waals surface area contributed by atoms with Crippen molar-refractivity contribution in [3.8, 4) is 5.75 Å². The van der Waals surface area contributed by atoms with E-state index in [1.807, 2.05) is 0 Å². The second-order valence-electron chi connectivity index (χ2n) is 6.91. The molecule has 1 aromatic carbocycles. The van der Waals surface area contributed by atoms with Crippen LogP contribution in [0.5, 0.6) is 5.75 Å². The summed E-state index contributed by atoms with van der Waals surface area (Å²) in [4.78, 5) is 15.2. The van der Waals surface area contributed by atoms with Crippen molar-refractivity contribution in [1.82, 2.24) is 4.90 Å². The zero-order valence-corrected chi connectivity index (χ0v) is 15.9. The van der Waals surface area contributed by atoms with E-state index < -0.39 is 33.1 Å². The van der Waals surface area contributed by atoms with Crippen molar-refractivity contribution >= 4 is 21.9 Å². The number of anilines is 1. The Morgan fingerprint density at radius 3 is 2.11 bits per heavy atom. The van der Waals surface area contributed by atoms with E-state index in [1.165, 1.54) is 17.0 Å². The van der Waals surface area contributed by atoms with Crippen molar-refractivity contribution in [2.45, 2.75) is 31.9 Å². The van der Waals surface area contributed by atoms with Crippen molar-refractivity contribution < 1.29 is 35.3 Å². The van der Waals surface area contributed by atoms with Crippen LogP contribution >= 0.6 is 0 Å². The highest BCUT2D eigenvalue weighted by molar-refractivity contribution is 7.88. The largest absolute Gasteiger partial charge is 0.534 e. The molecule has 27 heavy (non-hydrogen) atoms. The van der Waals surface area contributed by atoms with Gasteiger partial charge in [-0.2, -0.15) is 21.6 Å². The standard InChI is InChI=1S/C16H21F3N2O5S/c1-15(2,3)25-14(22)21-10-8-20(9-11-21)12-6-4-5-7-13(12)26-27(23,24)16(17,18)19/h4-7H,8-11H2,1-3H3. The Kier molecular flexibility index (Phi) is 5.83. The molecule has 1 aromatic rings. The van der Waals surface area contributed by atoms with E-state index in [4.69, 9.17) is 4.74 Å². The lowest BCUT2D eigenvalue weighted by atomic mass is 10.2. The number of piperazine rings is 1. The van der Waals surface area contributed by atoms with Gasteiger partial charge in [0.05, 0.1) is 5.69 Å². The van der Waals surface area contributed by atoms with Crippen LogP contribution in [0.3, 0.4) is 0 Å². The molecule has 0 N–H and O–H groups in total. The second-order valence-corrected chi connectivity index (χ2v) is 8.44. The fourth-order valence-electron chi connectivity index (χ4n) is 2.41. The summed E-state index contributed by atoms with van der Waals surface area (Å²) < 4.78 is 69.9. The Bertz CT molecular complexity index is 782. The molecule has 1 aliphatic rings. The van der Waals surface area contributed by atoms with Gasteiger partial charge in [0.2, 0.25) is 0 Å². The van der Waals surface area contributed by atoms with Gasteiger partial charge in [0.1, 0.15) is 5.60 Å². The average Bonchev–Trinajstić information content (AvgIpc) is 2.52. The summed E-state index contributed by atoms with van der Waals surface area (Å²) in [5.41, 5.74) is -5.95. The molecule has 0 aromatic heterocycles. The molecule has 0 radical (unpaired) electrons. The van der Waals surface area contributed by atoms with E-state index in [0.717, 1.165) is 6.07 Å². The Morgan fingerprint density at radius 2 is 1.59 bits per heavy atom. The Labute approximate surface area is 155 Å². The van der Waals surface area contributed by atoms with Gasteiger partial charge in [-0.15, -0.1) is 0 Å². The number of hydrogen-bond acceptors (Lipinski definition) is 6. The van der Waals surface area contributed by atoms with Crippen molar-refractivity contribution in [3.05, 3.63) is 24.3 Å². The zero-order chi connectivity index (χ0) is 20.5. The lowest BCUT2D eigenvalue weighted by Gasteiger charge is -2.37. The SMILES string of the molecule is CC(C)(C)OC(=O)N1CCN(c2ccccc2OS(=O)(=O)C(F)(F)F)CC1. The molecule has 0 aliphatic carbocycles. The first-order chi connectivity index (χ1) is 12.3. The number of halogens is 3. The third kappa shape index (κ3) is 5.41. The predicted octanol–water partition coefficient (Wildman–Crippen LogP) is 2.97. The molecule has 152 valence electrons.